The number of aliphatic carboxylic acids is 1. The van der Waals surface area contributed by atoms with Gasteiger partial charge in [0.25, 0.3) is 0 Å². The Balaban J connectivity index is 3.10. The van der Waals surface area contributed by atoms with Crippen LogP contribution < -0.4 is 5.73 Å². The van der Waals surface area contributed by atoms with Crippen LogP contribution in [0.2, 0.25) is 0 Å². The number of carboxylic acid groups (broad SMARTS) is 1. The van der Waals surface area contributed by atoms with Crippen molar-refractivity contribution in [1.82, 2.24) is 0 Å². The Morgan fingerprint density at radius 1 is 1.46 bits per heavy atom. The summed E-state index contributed by atoms with van der Waals surface area (Å²) in [4.78, 5) is 10.4. The molecule has 0 spiro atoms. The van der Waals surface area contributed by atoms with Crippen LogP contribution in [0, 0.1) is 0 Å². The lowest BCUT2D eigenvalue weighted by atomic mass is 10.1. The average Bonchev–Trinajstić information content (AvgIpc) is 2.06. The molecular weight excluding hydrogens is 302 g/mol. The molecule has 0 saturated carbocycles. The lowest BCUT2D eigenvalue weighted by molar-refractivity contribution is -0.136. The van der Waals surface area contributed by atoms with Gasteiger partial charge in [0.15, 0.2) is 0 Å². The molecule has 0 atom stereocenters. The van der Waals surface area contributed by atoms with Crippen LogP contribution in [0.5, 0.6) is 0 Å². The standard InChI is InChI=1S/C8H7Br2NO2/c9-5-2-1-4(3-6(12)13)8(11)7(5)10/h1-2H,3,11H2,(H,12,13). The predicted octanol–water partition coefficient (Wildman–Crippen LogP) is 2.42. The largest absolute Gasteiger partial charge is 0.481 e. The Kier molecular flexibility index (Phi) is 3.33. The molecule has 0 heterocycles. The normalized spacial score (nSPS) is 10.0. The van der Waals surface area contributed by atoms with Crippen LogP contribution in [0.4, 0.5) is 5.69 Å². The van der Waals surface area contributed by atoms with Gasteiger partial charge in [-0.15, -0.1) is 0 Å². The highest BCUT2D eigenvalue weighted by Crippen LogP contribution is 2.31. The Labute approximate surface area is 92.2 Å². The molecule has 70 valence electrons. The maximum atomic E-state index is 10.4. The van der Waals surface area contributed by atoms with E-state index >= 15 is 0 Å². The monoisotopic (exact) mass is 307 g/mol. The van der Waals surface area contributed by atoms with E-state index < -0.39 is 5.97 Å². The number of nitrogens with two attached hydrogens (primary N) is 1. The summed E-state index contributed by atoms with van der Waals surface area (Å²) in [5.74, 6) is -0.888. The fraction of sp³-hybridized carbons (Fsp3) is 0.125. The van der Waals surface area contributed by atoms with Crippen LogP contribution >= 0.6 is 31.9 Å². The SMILES string of the molecule is Nc1c(CC(=O)O)ccc(Br)c1Br. The summed E-state index contributed by atoms with van der Waals surface area (Å²) in [5, 5.41) is 8.57. The van der Waals surface area contributed by atoms with Gasteiger partial charge in [0.1, 0.15) is 0 Å². The minimum absolute atomic E-state index is 0.0578. The van der Waals surface area contributed by atoms with Crippen molar-refractivity contribution in [3.63, 3.8) is 0 Å². The molecule has 0 fully saturated rings. The van der Waals surface area contributed by atoms with Gasteiger partial charge in [0.2, 0.25) is 0 Å². The number of carbonyl (C=O) groups is 1. The van der Waals surface area contributed by atoms with Crippen molar-refractivity contribution in [2.75, 3.05) is 5.73 Å². The van der Waals surface area contributed by atoms with E-state index in [-0.39, 0.29) is 6.42 Å². The van der Waals surface area contributed by atoms with Gasteiger partial charge in [-0.25, -0.2) is 0 Å². The Hall–Kier alpha value is -0.550. The number of hydrogen-bond acceptors (Lipinski definition) is 2. The molecule has 3 nitrogen and oxygen atoms in total. The van der Waals surface area contributed by atoms with E-state index in [2.05, 4.69) is 31.9 Å². The molecule has 1 aromatic rings. The summed E-state index contributed by atoms with van der Waals surface area (Å²) in [6, 6.07) is 3.46. The first-order valence-corrected chi connectivity index (χ1v) is 5.05. The summed E-state index contributed by atoms with van der Waals surface area (Å²) in [6.07, 6.45) is -0.0578. The molecule has 0 aromatic heterocycles. The van der Waals surface area contributed by atoms with Crippen molar-refractivity contribution < 1.29 is 9.90 Å². The number of carboxylic acids is 1. The average molecular weight is 309 g/mol. The maximum Gasteiger partial charge on any atom is 0.307 e. The third kappa shape index (κ3) is 2.45. The molecule has 5 heteroatoms. The first-order valence-electron chi connectivity index (χ1n) is 3.46. The minimum Gasteiger partial charge on any atom is -0.481 e. The second-order valence-electron chi connectivity index (χ2n) is 2.50. The van der Waals surface area contributed by atoms with Crippen molar-refractivity contribution in [1.29, 1.82) is 0 Å². The summed E-state index contributed by atoms with van der Waals surface area (Å²) < 4.78 is 1.52. The van der Waals surface area contributed by atoms with Crippen molar-refractivity contribution in [3.05, 3.63) is 26.6 Å². The molecule has 13 heavy (non-hydrogen) atoms. The van der Waals surface area contributed by atoms with Gasteiger partial charge in [-0.1, -0.05) is 6.07 Å². The van der Waals surface area contributed by atoms with Gasteiger partial charge in [0.05, 0.1) is 16.6 Å². The molecule has 0 saturated heterocycles. The molecule has 0 aliphatic rings. The van der Waals surface area contributed by atoms with E-state index in [4.69, 9.17) is 10.8 Å². The number of benzene rings is 1. The highest BCUT2D eigenvalue weighted by molar-refractivity contribution is 9.13. The topological polar surface area (TPSA) is 63.3 Å². The summed E-state index contributed by atoms with van der Waals surface area (Å²) in [6.45, 7) is 0. The van der Waals surface area contributed by atoms with Crippen molar-refractivity contribution in [2.45, 2.75) is 6.42 Å². The molecule has 0 radical (unpaired) electrons. The van der Waals surface area contributed by atoms with Crippen LogP contribution in [0.3, 0.4) is 0 Å². The van der Waals surface area contributed by atoms with E-state index in [1.54, 1.807) is 12.1 Å². The van der Waals surface area contributed by atoms with Crippen LogP contribution in [-0.4, -0.2) is 11.1 Å². The van der Waals surface area contributed by atoms with E-state index in [1.807, 2.05) is 0 Å². The van der Waals surface area contributed by atoms with E-state index in [1.165, 1.54) is 0 Å². The third-order valence-electron chi connectivity index (χ3n) is 1.56. The third-order valence-corrected chi connectivity index (χ3v) is 3.61. The lowest BCUT2D eigenvalue weighted by Crippen LogP contribution is -2.04. The molecule has 0 aliphatic carbocycles. The second-order valence-corrected chi connectivity index (χ2v) is 4.15. The summed E-state index contributed by atoms with van der Waals surface area (Å²) in [7, 11) is 0. The van der Waals surface area contributed by atoms with E-state index in [0.717, 1.165) is 4.47 Å². The Morgan fingerprint density at radius 3 is 2.62 bits per heavy atom. The fourth-order valence-electron chi connectivity index (χ4n) is 0.923. The Bertz CT molecular complexity index is 352. The van der Waals surface area contributed by atoms with Crippen LogP contribution in [0.1, 0.15) is 5.56 Å². The van der Waals surface area contributed by atoms with Gasteiger partial charge in [-0.3, -0.25) is 4.79 Å². The van der Waals surface area contributed by atoms with Gasteiger partial charge in [0, 0.05) is 4.47 Å². The van der Waals surface area contributed by atoms with Gasteiger partial charge in [-0.05, 0) is 43.5 Å². The second kappa shape index (κ2) is 4.11. The molecule has 1 aromatic carbocycles. The first-order chi connectivity index (χ1) is 6.02. The van der Waals surface area contributed by atoms with Gasteiger partial charge >= 0.3 is 5.97 Å². The zero-order chi connectivity index (χ0) is 10.0. The zero-order valence-electron chi connectivity index (χ0n) is 6.55. The van der Waals surface area contributed by atoms with Crippen molar-refractivity contribution in [3.8, 4) is 0 Å². The lowest BCUT2D eigenvalue weighted by Gasteiger charge is -2.06. The first kappa shape index (κ1) is 10.5. The van der Waals surface area contributed by atoms with Gasteiger partial charge < -0.3 is 10.8 Å². The minimum atomic E-state index is -0.888. The number of halogens is 2. The fourth-order valence-corrected chi connectivity index (χ4v) is 1.66. The van der Waals surface area contributed by atoms with Crippen LogP contribution in [0.15, 0.2) is 21.1 Å². The van der Waals surface area contributed by atoms with Crippen LogP contribution in [-0.2, 0) is 11.2 Å². The number of nitrogen functional groups attached to an aromatic ring is 1. The van der Waals surface area contributed by atoms with Gasteiger partial charge in [-0.2, -0.15) is 0 Å². The smallest absolute Gasteiger partial charge is 0.307 e. The molecule has 0 bridgehead atoms. The predicted molar refractivity (Wildman–Crippen MR) is 57.6 cm³/mol. The molecular formula is C8H7Br2NO2. The zero-order valence-corrected chi connectivity index (χ0v) is 9.72. The van der Waals surface area contributed by atoms with E-state index in [0.29, 0.717) is 15.7 Å². The molecule has 0 unspecified atom stereocenters. The molecule has 3 N–H and O–H groups in total. The summed E-state index contributed by atoms with van der Waals surface area (Å²) in [5.41, 5.74) is 6.77. The molecule has 0 aliphatic heterocycles. The van der Waals surface area contributed by atoms with Crippen molar-refractivity contribution >= 4 is 43.5 Å². The maximum absolute atomic E-state index is 10.4. The quantitative estimate of drug-likeness (QED) is 0.825. The highest BCUT2D eigenvalue weighted by atomic mass is 79.9. The summed E-state index contributed by atoms with van der Waals surface area (Å²) >= 11 is 6.53. The Morgan fingerprint density at radius 2 is 2.08 bits per heavy atom. The van der Waals surface area contributed by atoms with Crippen molar-refractivity contribution in [2.24, 2.45) is 0 Å². The number of hydrogen-bond donors (Lipinski definition) is 2. The molecule has 1 rings (SSSR count). The molecule has 0 amide bonds. The number of rotatable bonds is 2. The highest BCUT2D eigenvalue weighted by Gasteiger charge is 2.09. The van der Waals surface area contributed by atoms with Crippen LogP contribution in [0.25, 0.3) is 0 Å². The number of anilines is 1. The van der Waals surface area contributed by atoms with E-state index in [9.17, 15) is 4.79 Å².